The summed E-state index contributed by atoms with van der Waals surface area (Å²) in [5.41, 5.74) is 0.835. The van der Waals surface area contributed by atoms with Gasteiger partial charge in [-0.3, -0.25) is 9.69 Å². The minimum Gasteiger partial charge on any atom is -0.379 e. The van der Waals surface area contributed by atoms with E-state index in [1.807, 2.05) is 11.8 Å². The number of thioether (sulfide) groups is 1. The SMILES string of the molecule is O=C(NCCCN1CCOCC1)[C@H]1Cc2cc(C(F)(F)F)ccc2N2CCSC[C@H]12. The monoisotopic (exact) mass is 443 g/mol. The lowest BCUT2D eigenvalue weighted by atomic mass is 9.84. The zero-order chi connectivity index (χ0) is 21.1. The predicted molar refractivity (Wildman–Crippen MR) is 112 cm³/mol. The molecule has 0 unspecified atom stereocenters. The van der Waals surface area contributed by atoms with Crippen molar-refractivity contribution in [2.45, 2.75) is 25.1 Å². The first-order chi connectivity index (χ1) is 14.4. The van der Waals surface area contributed by atoms with Crippen molar-refractivity contribution in [1.29, 1.82) is 0 Å². The van der Waals surface area contributed by atoms with Gasteiger partial charge in [0.05, 0.1) is 24.7 Å². The molecule has 1 N–H and O–H groups in total. The Balaban J connectivity index is 1.41. The van der Waals surface area contributed by atoms with Crippen LogP contribution in [0.15, 0.2) is 18.2 Å². The van der Waals surface area contributed by atoms with Crippen molar-refractivity contribution in [3.8, 4) is 0 Å². The number of fused-ring (bicyclic) bond motifs is 3. The Hall–Kier alpha value is -1.45. The van der Waals surface area contributed by atoms with E-state index in [1.54, 1.807) is 6.07 Å². The number of nitrogens with one attached hydrogen (secondary N) is 1. The van der Waals surface area contributed by atoms with Gasteiger partial charge < -0.3 is 15.0 Å². The lowest BCUT2D eigenvalue weighted by Gasteiger charge is -2.45. The van der Waals surface area contributed by atoms with Crippen LogP contribution in [0, 0.1) is 5.92 Å². The Morgan fingerprint density at radius 3 is 2.80 bits per heavy atom. The average Bonchev–Trinajstić information content (AvgIpc) is 2.75. The first kappa shape index (κ1) is 21.8. The zero-order valence-corrected chi connectivity index (χ0v) is 17.7. The van der Waals surface area contributed by atoms with Crippen LogP contribution in [0.25, 0.3) is 0 Å². The summed E-state index contributed by atoms with van der Waals surface area (Å²) in [6.45, 7) is 5.60. The fourth-order valence-electron chi connectivity index (χ4n) is 4.57. The fourth-order valence-corrected chi connectivity index (χ4v) is 5.72. The minimum absolute atomic E-state index is 0.0345. The Kier molecular flexibility index (Phi) is 6.79. The molecular weight excluding hydrogens is 415 g/mol. The van der Waals surface area contributed by atoms with Gasteiger partial charge in [0.1, 0.15) is 0 Å². The largest absolute Gasteiger partial charge is 0.416 e. The average molecular weight is 444 g/mol. The number of carbonyl (C=O) groups is 1. The van der Waals surface area contributed by atoms with Gasteiger partial charge >= 0.3 is 6.18 Å². The van der Waals surface area contributed by atoms with E-state index >= 15 is 0 Å². The molecule has 0 radical (unpaired) electrons. The molecule has 0 aliphatic carbocycles. The minimum atomic E-state index is -4.37. The molecule has 1 amide bonds. The summed E-state index contributed by atoms with van der Waals surface area (Å²) < 4.78 is 44.9. The molecule has 0 aromatic heterocycles. The third kappa shape index (κ3) is 4.89. The molecule has 1 aromatic carbocycles. The molecule has 5 nitrogen and oxygen atoms in total. The number of rotatable bonds is 5. The second-order valence-corrected chi connectivity index (χ2v) is 9.24. The van der Waals surface area contributed by atoms with Gasteiger partial charge in [-0.2, -0.15) is 24.9 Å². The molecule has 0 bridgehead atoms. The van der Waals surface area contributed by atoms with E-state index in [2.05, 4.69) is 15.1 Å². The predicted octanol–water partition coefficient (Wildman–Crippen LogP) is 2.64. The van der Waals surface area contributed by atoms with Crippen LogP contribution < -0.4 is 10.2 Å². The van der Waals surface area contributed by atoms with Gasteiger partial charge in [0.2, 0.25) is 5.91 Å². The maximum atomic E-state index is 13.2. The van der Waals surface area contributed by atoms with Crippen LogP contribution in [0.3, 0.4) is 0 Å². The highest BCUT2D eigenvalue weighted by Gasteiger charge is 2.41. The smallest absolute Gasteiger partial charge is 0.379 e. The lowest BCUT2D eigenvalue weighted by Crippen LogP contribution is -2.55. The first-order valence-corrected chi connectivity index (χ1v) is 11.7. The van der Waals surface area contributed by atoms with Gasteiger partial charge in [-0.25, -0.2) is 0 Å². The second kappa shape index (κ2) is 9.36. The molecule has 1 aromatic rings. The summed E-state index contributed by atoms with van der Waals surface area (Å²) >= 11 is 1.81. The Bertz CT molecular complexity index is 756. The van der Waals surface area contributed by atoms with Crippen molar-refractivity contribution in [3.63, 3.8) is 0 Å². The van der Waals surface area contributed by atoms with Gasteiger partial charge in [0.25, 0.3) is 0 Å². The van der Waals surface area contributed by atoms with Crippen LogP contribution >= 0.6 is 11.8 Å². The number of amides is 1. The number of hydrogen-bond acceptors (Lipinski definition) is 5. The number of benzene rings is 1. The van der Waals surface area contributed by atoms with E-state index in [4.69, 9.17) is 4.74 Å². The van der Waals surface area contributed by atoms with Crippen LogP contribution in [0.2, 0.25) is 0 Å². The molecule has 9 heteroatoms. The number of halogens is 3. The molecule has 3 aliphatic rings. The highest BCUT2D eigenvalue weighted by atomic mass is 32.2. The van der Waals surface area contributed by atoms with Gasteiger partial charge in [-0.15, -0.1) is 0 Å². The first-order valence-electron chi connectivity index (χ1n) is 10.6. The van der Waals surface area contributed by atoms with Crippen molar-refractivity contribution in [2.75, 3.05) is 62.3 Å². The maximum Gasteiger partial charge on any atom is 0.416 e. The summed E-state index contributed by atoms with van der Waals surface area (Å²) in [5, 5.41) is 3.05. The summed E-state index contributed by atoms with van der Waals surface area (Å²) in [5.74, 6) is 1.38. The van der Waals surface area contributed by atoms with Crippen molar-refractivity contribution in [3.05, 3.63) is 29.3 Å². The number of hydrogen-bond donors (Lipinski definition) is 1. The topological polar surface area (TPSA) is 44.8 Å². The van der Waals surface area contributed by atoms with Gasteiger partial charge in [-0.05, 0) is 43.1 Å². The molecule has 30 heavy (non-hydrogen) atoms. The van der Waals surface area contributed by atoms with Crippen LogP contribution in [0.1, 0.15) is 17.5 Å². The van der Waals surface area contributed by atoms with E-state index in [0.29, 0.717) is 18.5 Å². The molecule has 0 saturated carbocycles. The number of morpholine rings is 1. The maximum absolute atomic E-state index is 13.2. The number of alkyl halides is 3. The highest BCUT2D eigenvalue weighted by Crippen LogP contribution is 2.40. The molecular formula is C21H28F3N3O2S. The second-order valence-electron chi connectivity index (χ2n) is 8.09. The molecule has 3 heterocycles. The zero-order valence-electron chi connectivity index (χ0n) is 16.9. The fraction of sp³-hybridized carbons (Fsp3) is 0.667. The van der Waals surface area contributed by atoms with E-state index in [1.165, 1.54) is 6.07 Å². The summed E-state index contributed by atoms with van der Waals surface area (Å²) in [6.07, 6.45) is -3.16. The van der Waals surface area contributed by atoms with E-state index in [0.717, 1.165) is 69.1 Å². The normalized spacial score (nSPS) is 24.8. The summed E-state index contributed by atoms with van der Waals surface area (Å²) in [4.78, 5) is 17.5. The Labute approximate surface area is 179 Å². The highest BCUT2D eigenvalue weighted by molar-refractivity contribution is 7.99. The van der Waals surface area contributed by atoms with Gasteiger partial charge in [0.15, 0.2) is 0 Å². The number of ether oxygens (including phenoxy) is 1. The van der Waals surface area contributed by atoms with E-state index in [9.17, 15) is 18.0 Å². The van der Waals surface area contributed by atoms with Crippen molar-refractivity contribution >= 4 is 23.4 Å². The number of nitrogens with zero attached hydrogens (tertiary/aromatic N) is 2. The van der Waals surface area contributed by atoms with Crippen molar-refractivity contribution < 1.29 is 22.7 Å². The summed E-state index contributed by atoms with van der Waals surface area (Å²) in [7, 11) is 0. The van der Waals surface area contributed by atoms with Crippen LogP contribution in [0.4, 0.5) is 18.9 Å². The Morgan fingerprint density at radius 2 is 2.03 bits per heavy atom. The number of carbonyl (C=O) groups excluding carboxylic acids is 1. The molecule has 3 aliphatic heterocycles. The standard InChI is InChI=1S/C21H28F3N3O2S/c22-21(23,24)16-2-3-18-15(12-16)13-17(19-14-30-11-8-27(18)19)20(28)25-4-1-5-26-6-9-29-10-7-26/h2-3,12,17,19H,1,4-11,13-14H2,(H,25,28)/t17-,19+/m0/s1. The molecule has 4 rings (SSSR count). The summed E-state index contributed by atoms with van der Waals surface area (Å²) in [6, 6.07) is 4.00. The number of anilines is 1. The lowest BCUT2D eigenvalue weighted by molar-refractivity contribution is -0.137. The third-order valence-corrected chi connectivity index (χ3v) is 7.23. The van der Waals surface area contributed by atoms with Crippen LogP contribution in [0.5, 0.6) is 0 Å². The van der Waals surface area contributed by atoms with Crippen molar-refractivity contribution in [2.24, 2.45) is 5.92 Å². The van der Waals surface area contributed by atoms with Gasteiger partial charge in [0, 0.05) is 49.4 Å². The molecule has 2 saturated heterocycles. The quantitative estimate of drug-likeness (QED) is 0.709. The molecule has 0 spiro atoms. The van der Waals surface area contributed by atoms with Crippen LogP contribution in [-0.4, -0.2) is 74.3 Å². The van der Waals surface area contributed by atoms with Crippen LogP contribution in [-0.2, 0) is 22.1 Å². The molecule has 2 atom stereocenters. The van der Waals surface area contributed by atoms with Gasteiger partial charge in [-0.1, -0.05) is 0 Å². The molecule has 2 fully saturated rings. The van der Waals surface area contributed by atoms with Crippen molar-refractivity contribution in [1.82, 2.24) is 10.2 Å². The third-order valence-electron chi connectivity index (χ3n) is 6.18. The Morgan fingerprint density at radius 1 is 1.23 bits per heavy atom. The van der Waals surface area contributed by atoms with E-state index < -0.39 is 11.7 Å². The van der Waals surface area contributed by atoms with E-state index in [-0.39, 0.29) is 17.9 Å². The molecule has 166 valence electrons.